The first-order chi connectivity index (χ1) is 18.4. The summed E-state index contributed by atoms with van der Waals surface area (Å²) in [4.78, 5) is 27.1. The number of rotatable bonds is 10. The Balaban J connectivity index is 2.07. The van der Waals surface area contributed by atoms with E-state index in [0.29, 0.717) is 16.8 Å². The Morgan fingerprint density at radius 1 is 0.974 bits per heavy atom. The third kappa shape index (κ3) is 7.30. The molecule has 0 aliphatic carbocycles. The van der Waals surface area contributed by atoms with Crippen molar-refractivity contribution in [2.24, 2.45) is 0 Å². The molecule has 3 rings (SSSR count). The first-order valence-electron chi connectivity index (χ1n) is 11.9. The molecule has 0 radical (unpaired) electrons. The van der Waals surface area contributed by atoms with Crippen molar-refractivity contribution in [1.82, 2.24) is 10.2 Å². The van der Waals surface area contributed by atoms with Gasteiger partial charge in [-0.2, -0.15) is 13.2 Å². The van der Waals surface area contributed by atoms with Gasteiger partial charge in [0.05, 0.1) is 21.2 Å². The van der Waals surface area contributed by atoms with Crippen molar-refractivity contribution < 1.29 is 31.2 Å². The fourth-order valence-corrected chi connectivity index (χ4v) is 5.61. The van der Waals surface area contributed by atoms with Gasteiger partial charge in [0.15, 0.2) is 0 Å². The zero-order chi connectivity index (χ0) is 28.8. The van der Waals surface area contributed by atoms with E-state index < -0.39 is 51.9 Å². The molecule has 0 aliphatic rings. The highest BCUT2D eigenvalue weighted by Crippen LogP contribution is 2.37. The van der Waals surface area contributed by atoms with Gasteiger partial charge in [-0.1, -0.05) is 60.1 Å². The third-order valence-electron chi connectivity index (χ3n) is 6.05. The van der Waals surface area contributed by atoms with Crippen LogP contribution in [0.15, 0.2) is 83.8 Å². The lowest BCUT2D eigenvalue weighted by atomic mass is 10.1. The molecule has 0 spiro atoms. The van der Waals surface area contributed by atoms with Crippen molar-refractivity contribution in [3.8, 4) is 0 Å². The average Bonchev–Trinajstić information content (AvgIpc) is 2.92. The Morgan fingerprint density at radius 3 is 2.13 bits per heavy atom. The number of sulfonamides is 1. The van der Waals surface area contributed by atoms with E-state index in [0.717, 1.165) is 17.7 Å². The summed E-state index contributed by atoms with van der Waals surface area (Å²) in [5.41, 5.74) is -0.782. The van der Waals surface area contributed by atoms with Crippen LogP contribution in [0.3, 0.4) is 0 Å². The van der Waals surface area contributed by atoms with E-state index >= 15 is 0 Å². The number of carbonyl (C=O) groups excluding carboxylic acids is 2. The van der Waals surface area contributed by atoms with Crippen LogP contribution in [0.5, 0.6) is 0 Å². The number of halogens is 4. The van der Waals surface area contributed by atoms with Crippen molar-refractivity contribution in [1.29, 1.82) is 0 Å². The number of hydrogen-bond donors (Lipinski definition) is 1. The van der Waals surface area contributed by atoms with Crippen LogP contribution in [-0.4, -0.2) is 51.3 Å². The van der Waals surface area contributed by atoms with Gasteiger partial charge in [0.25, 0.3) is 10.0 Å². The summed E-state index contributed by atoms with van der Waals surface area (Å²) >= 11 is 6.21. The molecular weight excluding hydrogens is 555 g/mol. The van der Waals surface area contributed by atoms with Gasteiger partial charge in [0, 0.05) is 13.6 Å². The second-order valence-corrected chi connectivity index (χ2v) is 10.9. The standard InChI is InChI=1S/C27H27ClF3N3O4S/c1-19(26(36)32-2)33(16-15-20-9-5-3-6-10-20)25(35)18-34(39(37,38)22-11-7-4-8-12-22)24-17-21(27(29,30)31)13-14-23(24)28/h3-14,17,19H,15-16,18H2,1-2H3,(H,32,36)/t19-/m1/s1. The lowest BCUT2D eigenvalue weighted by Crippen LogP contribution is -2.51. The number of carbonyl (C=O) groups is 2. The minimum absolute atomic E-state index is 0.0486. The fraction of sp³-hybridized carbons (Fsp3) is 0.259. The highest BCUT2D eigenvalue weighted by atomic mass is 35.5. The molecule has 0 heterocycles. The highest BCUT2D eigenvalue weighted by molar-refractivity contribution is 7.92. The summed E-state index contributed by atoms with van der Waals surface area (Å²) in [6.07, 6.45) is -4.44. The molecule has 0 unspecified atom stereocenters. The normalized spacial score (nSPS) is 12.5. The van der Waals surface area contributed by atoms with Gasteiger partial charge in [-0.05, 0) is 49.2 Å². The van der Waals surface area contributed by atoms with Crippen LogP contribution in [-0.2, 0) is 32.2 Å². The van der Waals surface area contributed by atoms with Gasteiger partial charge in [-0.3, -0.25) is 13.9 Å². The van der Waals surface area contributed by atoms with Crippen LogP contribution in [0, 0.1) is 0 Å². The minimum atomic E-state index is -4.79. The van der Waals surface area contributed by atoms with Gasteiger partial charge in [-0.15, -0.1) is 0 Å². The van der Waals surface area contributed by atoms with Crippen molar-refractivity contribution in [2.75, 3.05) is 24.4 Å². The van der Waals surface area contributed by atoms with Gasteiger partial charge in [0.1, 0.15) is 12.6 Å². The summed E-state index contributed by atoms with van der Waals surface area (Å²) in [7, 11) is -3.16. The Hall–Kier alpha value is -3.57. The summed E-state index contributed by atoms with van der Waals surface area (Å²) in [6, 6.07) is 17.3. The average molecular weight is 582 g/mol. The second kappa shape index (κ2) is 12.5. The number of anilines is 1. The summed E-state index contributed by atoms with van der Waals surface area (Å²) in [5, 5.41) is 2.16. The van der Waals surface area contributed by atoms with Gasteiger partial charge >= 0.3 is 6.18 Å². The molecular formula is C27H27ClF3N3O4S. The van der Waals surface area contributed by atoms with E-state index in [2.05, 4.69) is 5.32 Å². The highest BCUT2D eigenvalue weighted by Gasteiger charge is 2.36. The van der Waals surface area contributed by atoms with Crippen LogP contribution < -0.4 is 9.62 Å². The predicted octanol–water partition coefficient (Wildman–Crippen LogP) is 4.76. The summed E-state index contributed by atoms with van der Waals surface area (Å²) in [6.45, 7) is 0.635. The molecule has 2 amide bonds. The Morgan fingerprint density at radius 2 is 1.56 bits per heavy atom. The molecule has 0 aliphatic heterocycles. The number of hydrogen-bond acceptors (Lipinski definition) is 4. The molecule has 0 bridgehead atoms. The fourth-order valence-electron chi connectivity index (χ4n) is 3.89. The lowest BCUT2D eigenvalue weighted by Gasteiger charge is -2.32. The maximum atomic E-state index is 13.7. The molecule has 0 aromatic heterocycles. The van der Waals surface area contributed by atoms with Crippen molar-refractivity contribution in [3.05, 3.63) is 95.0 Å². The number of amides is 2. The molecule has 0 fully saturated rings. The quantitative estimate of drug-likeness (QED) is 0.374. The van der Waals surface area contributed by atoms with E-state index in [1.807, 2.05) is 30.3 Å². The van der Waals surface area contributed by atoms with Crippen LogP contribution in [0.4, 0.5) is 18.9 Å². The van der Waals surface area contributed by atoms with Crippen LogP contribution in [0.25, 0.3) is 0 Å². The van der Waals surface area contributed by atoms with Crippen LogP contribution in [0.1, 0.15) is 18.1 Å². The Bertz CT molecular complexity index is 1400. The number of alkyl halides is 3. The minimum Gasteiger partial charge on any atom is -0.357 e. The topological polar surface area (TPSA) is 86.8 Å². The first kappa shape index (κ1) is 30.0. The molecule has 0 saturated heterocycles. The van der Waals surface area contributed by atoms with Crippen molar-refractivity contribution >= 4 is 39.1 Å². The zero-order valence-electron chi connectivity index (χ0n) is 21.2. The largest absolute Gasteiger partial charge is 0.416 e. The zero-order valence-corrected chi connectivity index (χ0v) is 22.7. The monoisotopic (exact) mass is 581 g/mol. The number of nitrogens with one attached hydrogen (secondary N) is 1. The maximum absolute atomic E-state index is 13.7. The van der Waals surface area contributed by atoms with Crippen LogP contribution in [0.2, 0.25) is 5.02 Å². The molecule has 39 heavy (non-hydrogen) atoms. The molecule has 1 atom stereocenters. The summed E-state index contributed by atoms with van der Waals surface area (Å²) in [5.74, 6) is -1.29. The summed E-state index contributed by atoms with van der Waals surface area (Å²) < 4.78 is 68.5. The number of benzene rings is 3. The second-order valence-electron chi connectivity index (χ2n) is 8.60. The Labute approximate surface area is 230 Å². The van der Waals surface area contributed by atoms with E-state index in [1.54, 1.807) is 6.07 Å². The lowest BCUT2D eigenvalue weighted by molar-refractivity contribution is -0.138. The number of likely N-dealkylation sites (N-methyl/N-ethyl adjacent to an activating group) is 1. The van der Waals surface area contributed by atoms with E-state index in [-0.39, 0.29) is 16.5 Å². The van der Waals surface area contributed by atoms with E-state index in [9.17, 15) is 31.2 Å². The SMILES string of the molecule is CNC(=O)[C@@H](C)N(CCc1ccccc1)C(=O)CN(c1cc(C(F)(F)F)ccc1Cl)S(=O)(=O)c1ccccc1. The van der Waals surface area contributed by atoms with Crippen LogP contribution >= 0.6 is 11.6 Å². The Kier molecular flexibility index (Phi) is 9.63. The molecule has 12 heteroatoms. The molecule has 1 N–H and O–H groups in total. The van der Waals surface area contributed by atoms with Gasteiger partial charge < -0.3 is 10.2 Å². The first-order valence-corrected chi connectivity index (χ1v) is 13.7. The van der Waals surface area contributed by atoms with E-state index in [1.165, 1.54) is 43.1 Å². The number of nitrogens with zero attached hydrogens (tertiary/aromatic N) is 2. The third-order valence-corrected chi connectivity index (χ3v) is 8.14. The molecule has 0 saturated carbocycles. The smallest absolute Gasteiger partial charge is 0.357 e. The van der Waals surface area contributed by atoms with Gasteiger partial charge in [0.2, 0.25) is 11.8 Å². The maximum Gasteiger partial charge on any atom is 0.416 e. The predicted molar refractivity (Wildman–Crippen MR) is 143 cm³/mol. The van der Waals surface area contributed by atoms with Crippen molar-refractivity contribution in [3.63, 3.8) is 0 Å². The van der Waals surface area contributed by atoms with E-state index in [4.69, 9.17) is 11.6 Å². The van der Waals surface area contributed by atoms with Gasteiger partial charge in [-0.25, -0.2) is 8.42 Å². The molecule has 208 valence electrons. The molecule has 3 aromatic rings. The van der Waals surface area contributed by atoms with Crippen molar-refractivity contribution in [2.45, 2.75) is 30.5 Å². The molecule has 3 aromatic carbocycles. The molecule has 7 nitrogen and oxygen atoms in total.